The molecule has 0 atom stereocenters. The molecular weight excluding hydrogens is 303 g/mol. The van der Waals surface area contributed by atoms with E-state index in [1.54, 1.807) is 18.2 Å². The number of fused-ring (bicyclic) bond motifs is 3. The van der Waals surface area contributed by atoms with Crippen LogP contribution in [0.4, 0.5) is 4.39 Å². The monoisotopic (exact) mass is 317 g/mol. The third-order valence-corrected chi connectivity index (χ3v) is 4.21. The summed E-state index contributed by atoms with van der Waals surface area (Å²) in [6, 6.07) is 21.2. The topological polar surface area (TPSA) is 48.0 Å². The van der Waals surface area contributed by atoms with E-state index in [1.807, 2.05) is 36.4 Å². The number of aromatic nitrogens is 1. The first kappa shape index (κ1) is 14.5. The van der Waals surface area contributed by atoms with Crippen molar-refractivity contribution in [2.45, 2.75) is 6.54 Å². The summed E-state index contributed by atoms with van der Waals surface area (Å²) in [5.41, 5.74) is 8.67. The molecule has 0 aliphatic rings. The zero-order valence-electron chi connectivity index (χ0n) is 12.8. The van der Waals surface area contributed by atoms with E-state index in [4.69, 9.17) is 5.73 Å². The number of hydrogen-bond acceptors (Lipinski definition) is 1. The molecule has 4 heteroatoms. The summed E-state index contributed by atoms with van der Waals surface area (Å²) in [6.45, 7) is 0.614. The molecule has 0 saturated carbocycles. The molecule has 24 heavy (non-hydrogen) atoms. The molecule has 0 spiro atoms. The Kier molecular flexibility index (Phi) is 3.31. The summed E-state index contributed by atoms with van der Waals surface area (Å²) in [6.07, 6.45) is 0. The van der Waals surface area contributed by atoms with E-state index in [0.29, 0.717) is 22.9 Å². The first-order valence-electron chi connectivity index (χ1n) is 7.61. The van der Waals surface area contributed by atoms with Crippen molar-refractivity contribution in [2.75, 3.05) is 0 Å². The van der Waals surface area contributed by atoms with Crippen molar-refractivity contribution >= 4 is 27.7 Å². The normalized spacial score (nSPS) is 11.2. The predicted octanol–water partition coefficient (Wildman–Crippen LogP) is 3.88. The highest BCUT2D eigenvalue weighted by Crippen LogP contribution is 2.32. The Balaban J connectivity index is 2.08. The lowest BCUT2D eigenvalue weighted by Crippen LogP contribution is -2.11. The second kappa shape index (κ2) is 5.49. The second-order valence-electron chi connectivity index (χ2n) is 5.70. The number of amides is 1. The smallest absolute Gasteiger partial charge is 0.249 e. The molecule has 0 bridgehead atoms. The number of carbonyl (C=O) groups excluding carboxylic acids is 1. The van der Waals surface area contributed by atoms with Crippen molar-refractivity contribution in [3.8, 4) is 0 Å². The molecule has 3 nitrogen and oxygen atoms in total. The molecule has 1 heterocycles. The van der Waals surface area contributed by atoms with Gasteiger partial charge in [-0.2, -0.15) is 0 Å². The minimum atomic E-state index is -0.531. The second-order valence-corrected chi connectivity index (χ2v) is 5.70. The highest BCUT2D eigenvalue weighted by molar-refractivity contribution is 6.17. The number of nitrogens with two attached hydrogens (primary N) is 1. The van der Waals surface area contributed by atoms with Gasteiger partial charge in [0.1, 0.15) is 5.82 Å². The molecule has 0 saturated heterocycles. The van der Waals surface area contributed by atoms with Crippen molar-refractivity contribution < 1.29 is 9.18 Å². The average molecular weight is 317 g/mol. The summed E-state index contributed by atoms with van der Waals surface area (Å²) < 4.78 is 15.8. The van der Waals surface area contributed by atoms with Crippen LogP contribution in [-0.4, -0.2) is 10.5 Å². The fourth-order valence-electron chi connectivity index (χ4n) is 3.18. The largest absolute Gasteiger partial charge is 0.366 e. The van der Waals surface area contributed by atoms with Crippen molar-refractivity contribution in [1.82, 2.24) is 4.57 Å². The van der Waals surface area contributed by atoms with Crippen LogP contribution >= 0.6 is 0 Å². The van der Waals surface area contributed by atoms with Crippen LogP contribution in [0.3, 0.4) is 0 Å². The SMILES string of the molecule is NC(=O)c1cccc2c1c1[c]c(F)ccc1n2Cc1ccccc1. The Hall–Kier alpha value is -3.14. The van der Waals surface area contributed by atoms with E-state index in [0.717, 1.165) is 16.6 Å². The summed E-state index contributed by atoms with van der Waals surface area (Å²) in [4.78, 5) is 11.8. The van der Waals surface area contributed by atoms with Gasteiger partial charge in [-0.3, -0.25) is 4.79 Å². The zero-order valence-corrected chi connectivity index (χ0v) is 12.8. The number of hydrogen-bond donors (Lipinski definition) is 1. The fraction of sp³-hybridized carbons (Fsp3) is 0.0500. The van der Waals surface area contributed by atoms with Crippen molar-refractivity contribution in [2.24, 2.45) is 5.73 Å². The van der Waals surface area contributed by atoms with Crippen LogP contribution in [-0.2, 0) is 6.54 Å². The van der Waals surface area contributed by atoms with E-state index in [2.05, 4.69) is 10.6 Å². The van der Waals surface area contributed by atoms with Gasteiger partial charge in [-0.15, -0.1) is 0 Å². The molecule has 0 unspecified atom stereocenters. The molecule has 1 radical (unpaired) electrons. The number of halogens is 1. The third-order valence-electron chi connectivity index (χ3n) is 4.21. The maximum absolute atomic E-state index is 13.8. The zero-order chi connectivity index (χ0) is 16.7. The van der Waals surface area contributed by atoms with Gasteiger partial charge in [0.05, 0.1) is 11.0 Å². The molecule has 117 valence electrons. The maximum Gasteiger partial charge on any atom is 0.249 e. The van der Waals surface area contributed by atoms with Crippen LogP contribution in [0, 0.1) is 11.9 Å². The first-order chi connectivity index (χ1) is 11.6. The van der Waals surface area contributed by atoms with Gasteiger partial charge in [0.25, 0.3) is 0 Å². The van der Waals surface area contributed by atoms with Crippen LogP contribution in [0.25, 0.3) is 21.8 Å². The van der Waals surface area contributed by atoms with Crippen LogP contribution in [0.5, 0.6) is 0 Å². The summed E-state index contributed by atoms with van der Waals surface area (Å²) in [5.74, 6) is -0.988. The number of primary amides is 1. The molecule has 0 fully saturated rings. The Morgan fingerprint density at radius 1 is 1.00 bits per heavy atom. The Morgan fingerprint density at radius 2 is 1.79 bits per heavy atom. The molecule has 4 aromatic rings. The van der Waals surface area contributed by atoms with Crippen LogP contribution in [0.1, 0.15) is 15.9 Å². The molecule has 1 amide bonds. The van der Waals surface area contributed by atoms with Crippen LogP contribution < -0.4 is 5.73 Å². The van der Waals surface area contributed by atoms with Gasteiger partial charge < -0.3 is 10.3 Å². The minimum absolute atomic E-state index is 0.381. The van der Waals surface area contributed by atoms with Crippen LogP contribution in [0.15, 0.2) is 60.7 Å². The molecule has 0 aliphatic carbocycles. The van der Waals surface area contributed by atoms with Gasteiger partial charge >= 0.3 is 0 Å². The number of rotatable bonds is 3. The van der Waals surface area contributed by atoms with E-state index in [-0.39, 0.29) is 0 Å². The highest BCUT2D eigenvalue weighted by Gasteiger charge is 2.17. The molecular formula is C20H14FN2O. The van der Waals surface area contributed by atoms with Gasteiger partial charge in [-0.25, -0.2) is 4.39 Å². The van der Waals surface area contributed by atoms with Gasteiger partial charge in [-0.05, 0) is 29.8 Å². The van der Waals surface area contributed by atoms with Crippen molar-refractivity contribution in [1.29, 1.82) is 0 Å². The predicted molar refractivity (Wildman–Crippen MR) is 92.3 cm³/mol. The number of carbonyl (C=O) groups is 1. The molecule has 1 aromatic heterocycles. The average Bonchev–Trinajstić information content (AvgIpc) is 2.89. The standard InChI is InChI=1S/C20H14FN2O/c21-14-9-10-17-16(11-14)19-15(20(22)24)7-4-8-18(19)23(17)12-13-5-2-1-3-6-13/h1-10H,12H2,(H2,22,24). The lowest BCUT2D eigenvalue weighted by atomic mass is 10.1. The van der Waals surface area contributed by atoms with E-state index >= 15 is 0 Å². The Morgan fingerprint density at radius 3 is 2.54 bits per heavy atom. The summed E-state index contributed by atoms with van der Waals surface area (Å²) in [5, 5.41) is 1.23. The van der Waals surface area contributed by atoms with Gasteiger partial charge in [0.2, 0.25) is 5.91 Å². The summed E-state index contributed by atoms with van der Waals surface area (Å²) in [7, 11) is 0. The lowest BCUT2D eigenvalue weighted by molar-refractivity contribution is 0.100. The lowest BCUT2D eigenvalue weighted by Gasteiger charge is -2.08. The van der Waals surface area contributed by atoms with Gasteiger partial charge in [0, 0.05) is 28.9 Å². The number of nitrogens with zero attached hydrogens (tertiary/aromatic N) is 1. The fourth-order valence-corrected chi connectivity index (χ4v) is 3.18. The molecule has 2 N–H and O–H groups in total. The summed E-state index contributed by atoms with van der Waals surface area (Å²) >= 11 is 0. The Labute approximate surface area is 138 Å². The third kappa shape index (κ3) is 2.24. The maximum atomic E-state index is 13.8. The molecule has 0 aliphatic heterocycles. The van der Waals surface area contributed by atoms with Crippen molar-refractivity contribution in [3.63, 3.8) is 0 Å². The quantitative estimate of drug-likeness (QED) is 0.612. The Bertz CT molecular complexity index is 1070. The van der Waals surface area contributed by atoms with E-state index in [1.165, 1.54) is 6.07 Å². The molecule has 3 aromatic carbocycles. The van der Waals surface area contributed by atoms with Crippen molar-refractivity contribution in [3.05, 3.63) is 83.7 Å². The van der Waals surface area contributed by atoms with E-state index < -0.39 is 11.7 Å². The van der Waals surface area contributed by atoms with Gasteiger partial charge in [-0.1, -0.05) is 36.4 Å². The number of benzene rings is 3. The van der Waals surface area contributed by atoms with E-state index in [9.17, 15) is 9.18 Å². The van der Waals surface area contributed by atoms with Crippen LogP contribution in [0.2, 0.25) is 0 Å². The minimum Gasteiger partial charge on any atom is -0.366 e. The first-order valence-corrected chi connectivity index (χ1v) is 7.61. The van der Waals surface area contributed by atoms with Gasteiger partial charge in [0.15, 0.2) is 0 Å². The molecule has 4 rings (SSSR count). The highest BCUT2D eigenvalue weighted by atomic mass is 19.1.